The first-order valence-electron chi connectivity index (χ1n) is 9.92. The summed E-state index contributed by atoms with van der Waals surface area (Å²) in [6.07, 6.45) is 11.6. The summed E-state index contributed by atoms with van der Waals surface area (Å²) in [5.74, 6) is 2.22. The Morgan fingerprint density at radius 3 is 2.62 bits per heavy atom. The van der Waals surface area contributed by atoms with E-state index in [-0.39, 0.29) is 17.9 Å². The van der Waals surface area contributed by atoms with Crippen LogP contribution in [0.2, 0.25) is 0 Å². The lowest BCUT2D eigenvalue weighted by molar-refractivity contribution is -0.136. The van der Waals surface area contributed by atoms with Crippen LogP contribution in [-0.4, -0.2) is 22.3 Å². The Morgan fingerprint density at radius 2 is 1.88 bits per heavy atom. The number of carbonyl (C=O) groups is 1. The van der Waals surface area contributed by atoms with Gasteiger partial charge < -0.3 is 10.2 Å². The Kier molecular flexibility index (Phi) is 3.87. The molecular formula is C21H32O3. The molecule has 0 aliphatic heterocycles. The van der Waals surface area contributed by atoms with Gasteiger partial charge in [0.2, 0.25) is 0 Å². The van der Waals surface area contributed by atoms with Crippen LogP contribution in [0.4, 0.5) is 0 Å². The van der Waals surface area contributed by atoms with E-state index in [4.69, 9.17) is 5.11 Å². The molecule has 0 aromatic carbocycles. The zero-order valence-electron chi connectivity index (χ0n) is 15.1. The fourth-order valence-electron chi connectivity index (χ4n) is 7.26. The predicted octanol–water partition coefficient (Wildman–Crippen LogP) is 4.40. The molecule has 134 valence electrons. The van der Waals surface area contributed by atoms with Gasteiger partial charge in [-0.25, -0.2) is 0 Å². The molecule has 0 amide bonds. The van der Waals surface area contributed by atoms with E-state index in [1.807, 2.05) is 0 Å². The van der Waals surface area contributed by atoms with Crippen LogP contribution in [0.25, 0.3) is 0 Å². The van der Waals surface area contributed by atoms with Crippen LogP contribution in [0, 0.1) is 34.5 Å². The lowest BCUT2D eigenvalue weighted by Crippen LogP contribution is -2.53. The smallest absolute Gasteiger partial charge is 0.307 e. The Bertz CT molecular complexity index is 567. The molecule has 4 aliphatic rings. The minimum absolute atomic E-state index is 0.0950. The first-order chi connectivity index (χ1) is 11.3. The largest absolute Gasteiger partial charge is 0.481 e. The molecule has 24 heavy (non-hydrogen) atoms. The SMILES string of the molecule is C[C@]12CCC3C(CC[C@H]4CC(CC(=O)O)=CC[C@]34C)C1CC[C@@H]2O. The summed E-state index contributed by atoms with van der Waals surface area (Å²) in [5.41, 5.74) is 1.66. The number of rotatable bonds is 2. The van der Waals surface area contributed by atoms with Gasteiger partial charge in [-0.05, 0) is 85.9 Å². The molecule has 0 saturated heterocycles. The average Bonchev–Trinajstić information content (AvgIpc) is 2.83. The van der Waals surface area contributed by atoms with Gasteiger partial charge in [0.05, 0.1) is 12.5 Å². The zero-order valence-corrected chi connectivity index (χ0v) is 15.1. The minimum atomic E-state index is -0.688. The van der Waals surface area contributed by atoms with E-state index in [9.17, 15) is 9.90 Å². The van der Waals surface area contributed by atoms with Gasteiger partial charge in [0.1, 0.15) is 0 Å². The van der Waals surface area contributed by atoms with Crippen molar-refractivity contribution in [2.24, 2.45) is 34.5 Å². The van der Waals surface area contributed by atoms with Gasteiger partial charge in [0.15, 0.2) is 0 Å². The molecular weight excluding hydrogens is 300 g/mol. The van der Waals surface area contributed by atoms with Crippen molar-refractivity contribution in [2.45, 2.75) is 77.7 Å². The molecule has 3 fully saturated rings. The molecule has 0 aromatic rings. The topological polar surface area (TPSA) is 57.5 Å². The summed E-state index contributed by atoms with van der Waals surface area (Å²) in [5, 5.41) is 19.6. The molecule has 3 saturated carbocycles. The molecule has 3 unspecified atom stereocenters. The number of hydrogen-bond donors (Lipinski definition) is 2. The second-order valence-electron chi connectivity index (χ2n) is 9.64. The standard InChI is InChI=1S/C21H32O3/c1-20-9-7-13(12-19(23)24)11-14(20)3-4-15-16-5-6-18(22)21(16,2)10-8-17(15)20/h7,14-18,22H,3-6,8-12H2,1-2H3,(H,23,24)/t14-,15?,16?,17?,18-,20-,21-/m0/s1. The van der Waals surface area contributed by atoms with Crippen LogP contribution in [0.1, 0.15) is 71.6 Å². The lowest BCUT2D eigenvalue weighted by atomic mass is 9.45. The van der Waals surface area contributed by atoms with Gasteiger partial charge in [-0.3, -0.25) is 4.79 Å². The van der Waals surface area contributed by atoms with Crippen molar-refractivity contribution in [3.8, 4) is 0 Å². The number of hydrogen-bond acceptors (Lipinski definition) is 2. The van der Waals surface area contributed by atoms with Gasteiger partial charge in [-0.2, -0.15) is 0 Å². The maximum Gasteiger partial charge on any atom is 0.307 e. The maximum absolute atomic E-state index is 11.1. The van der Waals surface area contributed by atoms with E-state index >= 15 is 0 Å². The third-order valence-corrected chi connectivity index (χ3v) is 8.73. The molecule has 0 bridgehead atoms. The maximum atomic E-state index is 11.1. The van der Waals surface area contributed by atoms with Gasteiger partial charge in [-0.1, -0.05) is 25.5 Å². The van der Waals surface area contributed by atoms with Crippen molar-refractivity contribution in [1.29, 1.82) is 0 Å². The summed E-state index contributed by atoms with van der Waals surface area (Å²) >= 11 is 0. The van der Waals surface area contributed by atoms with E-state index in [2.05, 4.69) is 19.9 Å². The van der Waals surface area contributed by atoms with Crippen LogP contribution in [0.3, 0.4) is 0 Å². The van der Waals surface area contributed by atoms with E-state index in [0.29, 0.717) is 17.3 Å². The molecule has 7 atom stereocenters. The molecule has 0 radical (unpaired) electrons. The molecule has 4 rings (SSSR count). The van der Waals surface area contributed by atoms with Crippen molar-refractivity contribution in [3.63, 3.8) is 0 Å². The highest BCUT2D eigenvalue weighted by atomic mass is 16.4. The summed E-state index contributed by atoms with van der Waals surface area (Å²) in [6.45, 7) is 4.82. The summed E-state index contributed by atoms with van der Waals surface area (Å²) in [4.78, 5) is 11.1. The highest BCUT2D eigenvalue weighted by Crippen LogP contribution is 2.66. The van der Waals surface area contributed by atoms with Crippen LogP contribution in [0.5, 0.6) is 0 Å². The Labute approximate surface area is 145 Å². The van der Waals surface area contributed by atoms with E-state index in [1.54, 1.807) is 0 Å². The number of fused-ring (bicyclic) bond motifs is 5. The normalized spacial score (nSPS) is 50.5. The van der Waals surface area contributed by atoms with Crippen molar-refractivity contribution >= 4 is 5.97 Å². The van der Waals surface area contributed by atoms with E-state index in [0.717, 1.165) is 36.7 Å². The van der Waals surface area contributed by atoms with Gasteiger partial charge in [0.25, 0.3) is 0 Å². The third-order valence-electron chi connectivity index (χ3n) is 8.73. The zero-order chi connectivity index (χ0) is 17.1. The summed E-state index contributed by atoms with van der Waals surface area (Å²) in [7, 11) is 0. The highest BCUT2D eigenvalue weighted by Gasteiger charge is 2.59. The van der Waals surface area contributed by atoms with Crippen molar-refractivity contribution < 1.29 is 15.0 Å². The quantitative estimate of drug-likeness (QED) is 0.737. The number of carboxylic acids is 1. The molecule has 3 nitrogen and oxygen atoms in total. The number of aliphatic hydroxyl groups is 1. The minimum Gasteiger partial charge on any atom is -0.481 e. The first-order valence-corrected chi connectivity index (χ1v) is 9.92. The number of aliphatic hydroxyl groups excluding tert-OH is 1. The van der Waals surface area contributed by atoms with E-state index in [1.165, 1.54) is 32.1 Å². The van der Waals surface area contributed by atoms with Crippen LogP contribution < -0.4 is 0 Å². The highest BCUT2D eigenvalue weighted by molar-refractivity contribution is 5.70. The van der Waals surface area contributed by atoms with Gasteiger partial charge in [-0.15, -0.1) is 0 Å². The molecule has 0 heterocycles. The Hall–Kier alpha value is -0.830. The Balaban J connectivity index is 1.58. The van der Waals surface area contributed by atoms with Gasteiger partial charge >= 0.3 is 5.97 Å². The van der Waals surface area contributed by atoms with Gasteiger partial charge in [0, 0.05) is 0 Å². The first kappa shape index (κ1) is 16.6. The second kappa shape index (κ2) is 5.59. The molecule has 0 aromatic heterocycles. The average molecular weight is 332 g/mol. The Morgan fingerprint density at radius 1 is 1.12 bits per heavy atom. The predicted molar refractivity (Wildman–Crippen MR) is 93.5 cm³/mol. The lowest BCUT2D eigenvalue weighted by Gasteiger charge is -2.59. The molecule has 2 N–H and O–H groups in total. The van der Waals surface area contributed by atoms with Crippen LogP contribution >= 0.6 is 0 Å². The van der Waals surface area contributed by atoms with E-state index < -0.39 is 5.97 Å². The fraction of sp³-hybridized carbons (Fsp3) is 0.857. The molecule has 4 aliphatic carbocycles. The molecule has 0 spiro atoms. The number of carboxylic acid groups (broad SMARTS) is 1. The van der Waals surface area contributed by atoms with Crippen LogP contribution in [0.15, 0.2) is 11.6 Å². The summed E-state index contributed by atoms with van der Waals surface area (Å²) < 4.78 is 0. The van der Waals surface area contributed by atoms with Crippen molar-refractivity contribution in [1.82, 2.24) is 0 Å². The number of aliphatic carboxylic acids is 1. The van der Waals surface area contributed by atoms with Crippen LogP contribution in [-0.2, 0) is 4.79 Å². The third kappa shape index (κ3) is 2.30. The fourth-order valence-corrected chi connectivity index (χ4v) is 7.26. The van der Waals surface area contributed by atoms with Crippen molar-refractivity contribution in [2.75, 3.05) is 0 Å². The monoisotopic (exact) mass is 332 g/mol. The second-order valence-corrected chi connectivity index (χ2v) is 9.64. The number of allylic oxidation sites excluding steroid dienone is 1. The van der Waals surface area contributed by atoms with Crippen molar-refractivity contribution in [3.05, 3.63) is 11.6 Å². The summed E-state index contributed by atoms with van der Waals surface area (Å²) in [6, 6.07) is 0. The molecule has 3 heteroatoms.